The van der Waals surface area contributed by atoms with Crippen LogP contribution in [0.4, 0.5) is 0 Å². The zero-order chi connectivity index (χ0) is 12.2. The van der Waals surface area contributed by atoms with Gasteiger partial charge in [-0.3, -0.25) is 4.79 Å². The van der Waals surface area contributed by atoms with Crippen molar-refractivity contribution >= 4 is 5.91 Å². The molecule has 0 radical (unpaired) electrons. The second kappa shape index (κ2) is 5.31. The first kappa shape index (κ1) is 13.0. The van der Waals surface area contributed by atoms with E-state index in [2.05, 4.69) is 13.8 Å². The van der Waals surface area contributed by atoms with Crippen LogP contribution in [-0.4, -0.2) is 30.4 Å². The number of nitrogens with two attached hydrogens (primary N) is 1. The molecule has 1 aliphatic heterocycles. The highest BCUT2D eigenvalue weighted by molar-refractivity contribution is 5.78. The molecule has 0 unspecified atom stereocenters. The van der Waals surface area contributed by atoms with E-state index in [0.717, 1.165) is 25.9 Å². The number of likely N-dealkylation sites (tertiary alicyclic amines) is 1. The summed E-state index contributed by atoms with van der Waals surface area (Å²) < 4.78 is 0. The summed E-state index contributed by atoms with van der Waals surface area (Å²) in [4.78, 5) is 13.3. The summed E-state index contributed by atoms with van der Waals surface area (Å²) in [5, 5.41) is 8.47. The van der Waals surface area contributed by atoms with Crippen LogP contribution < -0.4 is 5.73 Å². The van der Waals surface area contributed by atoms with Crippen molar-refractivity contribution in [3.63, 3.8) is 0 Å². The number of hydrogen-bond acceptors (Lipinski definition) is 3. The maximum absolute atomic E-state index is 11.5. The van der Waals surface area contributed by atoms with Gasteiger partial charge in [-0.1, -0.05) is 13.8 Å². The summed E-state index contributed by atoms with van der Waals surface area (Å²) in [6, 6.07) is 1.91. The van der Waals surface area contributed by atoms with E-state index in [4.69, 9.17) is 11.0 Å². The van der Waals surface area contributed by atoms with Gasteiger partial charge in [0.05, 0.1) is 6.07 Å². The number of hydrogen-bond donors (Lipinski definition) is 1. The molecule has 1 fully saturated rings. The minimum atomic E-state index is -0.0356. The third-order valence-electron chi connectivity index (χ3n) is 3.71. The number of rotatable bonds is 3. The average molecular weight is 223 g/mol. The molecule has 0 bridgehead atoms. The maximum Gasteiger partial charge on any atom is 0.236 e. The highest BCUT2D eigenvalue weighted by atomic mass is 16.2. The normalized spacial score (nSPS) is 18.2. The van der Waals surface area contributed by atoms with Gasteiger partial charge in [0.15, 0.2) is 0 Å². The Bertz CT molecular complexity index is 285. The molecule has 1 saturated heterocycles. The molecule has 16 heavy (non-hydrogen) atoms. The van der Waals surface area contributed by atoms with E-state index in [1.165, 1.54) is 0 Å². The van der Waals surface area contributed by atoms with Gasteiger partial charge in [-0.2, -0.15) is 5.26 Å². The first-order chi connectivity index (χ1) is 7.51. The topological polar surface area (TPSA) is 70.1 Å². The third kappa shape index (κ3) is 2.96. The van der Waals surface area contributed by atoms with Crippen LogP contribution in [-0.2, 0) is 4.79 Å². The molecule has 1 rings (SSSR count). The zero-order valence-corrected chi connectivity index (χ0v) is 10.2. The van der Waals surface area contributed by atoms with Crippen molar-refractivity contribution in [2.24, 2.45) is 17.1 Å². The lowest BCUT2D eigenvalue weighted by atomic mass is 9.74. The van der Waals surface area contributed by atoms with Crippen molar-refractivity contribution in [2.75, 3.05) is 19.6 Å². The molecule has 1 amide bonds. The zero-order valence-electron chi connectivity index (χ0n) is 10.2. The molecular formula is C12H21N3O. The fourth-order valence-electron chi connectivity index (χ4n) is 2.26. The number of nitrogens with zero attached hydrogens (tertiary/aromatic N) is 2. The van der Waals surface area contributed by atoms with Gasteiger partial charge < -0.3 is 10.6 Å². The van der Waals surface area contributed by atoms with E-state index >= 15 is 0 Å². The van der Waals surface area contributed by atoms with E-state index in [1.54, 1.807) is 4.90 Å². The number of nitriles is 1. The molecule has 0 aromatic heterocycles. The molecule has 4 nitrogen and oxygen atoms in total. The Hall–Kier alpha value is -1.08. The Labute approximate surface area is 97.4 Å². The number of carbonyl (C=O) groups excluding carboxylic acids is 1. The highest BCUT2D eigenvalue weighted by Crippen LogP contribution is 2.33. The summed E-state index contributed by atoms with van der Waals surface area (Å²) in [7, 11) is 0. The average Bonchev–Trinajstić information content (AvgIpc) is 2.29. The monoisotopic (exact) mass is 223 g/mol. The van der Waals surface area contributed by atoms with Crippen LogP contribution in [0.25, 0.3) is 0 Å². The molecule has 0 aliphatic carbocycles. The molecule has 0 aromatic carbocycles. The number of carbonyl (C=O) groups is 1. The molecular weight excluding hydrogens is 202 g/mol. The molecule has 1 heterocycles. The summed E-state index contributed by atoms with van der Waals surface area (Å²) in [6.07, 6.45) is 2.01. The predicted molar refractivity (Wildman–Crippen MR) is 62.4 cm³/mol. The molecule has 1 aliphatic rings. The molecule has 2 N–H and O–H groups in total. The van der Waals surface area contributed by atoms with Gasteiger partial charge in [-0.25, -0.2) is 0 Å². The van der Waals surface area contributed by atoms with Crippen LogP contribution in [0, 0.1) is 22.7 Å². The van der Waals surface area contributed by atoms with Gasteiger partial charge >= 0.3 is 0 Å². The second-order valence-electron chi connectivity index (χ2n) is 5.18. The Morgan fingerprint density at radius 3 is 2.50 bits per heavy atom. The van der Waals surface area contributed by atoms with Gasteiger partial charge in [-0.15, -0.1) is 0 Å². The van der Waals surface area contributed by atoms with Crippen LogP contribution in [0.1, 0.15) is 33.1 Å². The first-order valence-electron chi connectivity index (χ1n) is 5.86. The molecule has 0 spiro atoms. The summed E-state index contributed by atoms with van der Waals surface area (Å²) in [5.41, 5.74) is 5.91. The van der Waals surface area contributed by atoms with Crippen molar-refractivity contribution in [2.45, 2.75) is 33.1 Å². The molecule has 0 aromatic rings. The van der Waals surface area contributed by atoms with E-state index in [0.29, 0.717) is 12.5 Å². The Morgan fingerprint density at radius 1 is 1.50 bits per heavy atom. The minimum Gasteiger partial charge on any atom is -0.342 e. The van der Waals surface area contributed by atoms with Gasteiger partial charge in [-0.05, 0) is 30.7 Å². The smallest absolute Gasteiger partial charge is 0.236 e. The van der Waals surface area contributed by atoms with Crippen molar-refractivity contribution < 1.29 is 4.79 Å². The van der Waals surface area contributed by atoms with Crippen LogP contribution in [0.15, 0.2) is 0 Å². The Morgan fingerprint density at radius 2 is 2.06 bits per heavy atom. The minimum absolute atomic E-state index is 0.00491. The number of amides is 1. The molecule has 4 heteroatoms. The molecule has 0 saturated carbocycles. The van der Waals surface area contributed by atoms with Crippen molar-refractivity contribution in [3.05, 3.63) is 0 Å². The first-order valence-corrected chi connectivity index (χ1v) is 5.86. The van der Waals surface area contributed by atoms with Gasteiger partial charge in [0, 0.05) is 13.1 Å². The van der Waals surface area contributed by atoms with E-state index < -0.39 is 0 Å². The molecule has 0 atom stereocenters. The predicted octanol–water partition coefficient (Wildman–Crippen LogP) is 1.12. The highest BCUT2D eigenvalue weighted by Gasteiger charge is 2.32. The van der Waals surface area contributed by atoms with E-state index in [1.807, 2.05) is 6.07 Å². The lowest BCUT2D eigenvalue weighted by Crippen LogP contribution is -2.43. The van der Waals surface area contributed by atoms with Gasteiger partial charge in [0.1, 0.15) is 6.42 Å². The lowest BCUT2D eigenvalue weighted by molar-refractivity contribution is -0.132. The second-order valence-corrected chi connectivity index (χ2v) is 5.18. The summed E-state index contributed by atoms with van der Waals surface area (Å²) in [5.74, 6) is 0.551. The lowest BCUT2D eigenvalue weighted by Gasteiger charge is -2.40. The summed E-state index contributed by atoms with van der Waals surface area (Å²) in [6.45, 7) is 6.60. The summed E-state index contributed by atoms with van der Waals surface area (Å²) >= 11 is 0. The SMILES string of the molecule is CC(C)(CN)C1CCN(C(=O)CC#N)CC1. The third-order valence-corrected chi connectivity index (χ3v) is 3.71. The maximum atomic E-state index is 11.5. The van der Waals surface area contributed by atoms with E-state index in [9.17, 15) is 4.79 Å². The quantitative estimate of drug-likeness (QED) is 0.779. The largest absolute Gasteiger partial charge is 0.342 e. The number of piperidine rings is 1. The van der Waals surface area contributed by atoms with Crippen LogP contribution in [0.5, 0.6) is 0 Å². The fourth-order valence-corrected chi connectivity index (χ4v) is 2.26. The van der Waals surface area contributed by atoms with Gasteiger partial charge in [0.25, 0.3) is 0 Å². The van der Waals surface area contributed by atoms with Crippen LogP contribution in [0.2, 0.25) is 0 Å². The van der Waals surface area contributed by atoms with Gasteiger partial charge in [0.2, 0.25) is 5.91 Å². The fraction of sp³-hybridized carbons (Fsp3) is 0.833. The van der Waals surface area contributed by atoms with Crippen molar-refractivity contribution in [1.29, 1.82) is 5.26 Å². The Kier molecular flexibility index (Phi) is 4.31. The molecule has 90 valence electrons. The van der Waals surface area contributed by atoms with E-state index in [-0.39, 0.29) is 17.7 Å². The van der Waals surface area contributed by atoms with Crippen molar-refractivity contribution in [3.8, 4) is 6.07 Å². The van der Waals surface area contributed by atoms with Crippen LogP contribution >= 0.6 is 0 Å². The Balaban J connectivity index is 2.46. The standard InChI is InChI=1S/C12H21N3O/c1-12(2,9-14)10-4-7-15(8-5-10)11(16)3-6-13/h10H,3-5,7-9,14H2,1-2H3. The van der Waals surface area contributed by atoms with Crippen molar-refractivity contribution in [1.82, 2.24) is 4.90 Å². The van der Waals surface area contributed by atoms with Crippen LogP contribution in [0.3, 0.4) is 0 Å².